The molecular weight excluding hydrogens is 266 g/mol. The molecule has 21 heavy (non-hydrogen) atoms. The van der Waals surface area contributed by atoms with Gasteiger partial charge in [0.15, 0.2) is 0 Å². The van der Waals surface area contributed by atoms with E-state index in [1.165, 1.54) is 0 Å². The van der Waals surface area contributed by atoms with Crippen molar-refractivity contribution in [2.24, 2.45) is 0 Å². The third-order valence-electron chi connectivity index (χ3n) is 3.96. The molecule has 1 fully saturated rings. The maximum atomic E-state index is 12.8. The second-order valence-corrected chi connectivity index (χ2v) is 5.68. The summed E-state index contributed by atoms with van der Waals surface area (Å²) in [4.78, 5) is 26.5. The fourth-order valence-electron chi connectivity index (χ4n) is 3.15. The van der Waals surface area contributed by atoms with Gasteiger partial charge in [-0.2, -0.15) is 0 Å². The summed E-state index contributed by atoms with van der Waals surface area (Å²) in [5.74, 6) is -0.341. The lowest BCUT2D eigenvalue weighted by Crippen LogP contribution is -2.42. The summed E-state index contributed by atoms with van der Waals surface area (Å²) in [6.45, 7) is 8.67. The molecule has 1 heterocycles. The number of aryl methyl sites for hydroxylation is 3. The normalized spacial score (nSPS) is 17.9. The molecule has 1 amide bonds. The number of hydrogen-bond donors (Lipinski definition) is 0. The number of amides is 1. The number of carbonyl (C=O) groups is 2. The zero-order valence-electron chi connectivity index (χ0n) is 13.2. The summed E-state index contributed by atoms with van der Waals surface area (Å²) < 4.78 is 5.09. The predicted molar refractivity (Wildman–Crippen MR) is 81.3 cm³/mol. The molecule has 1 aliphatic heterocycles. The molecule has 0 bridgehead atoms. The van der Waals surface area contributed by atoms with E-state index in [4.69, 9.17) is 4.74 Å². The van der Waals surface area contributed by atoms with Crippen LogP contribution in [0, 0.1) is 20.8 Å². The Labute approximate surface area is 126 Å². The molecule has 1 saturated heterocycles. The van der Waals surface area contributed by atoms with Crippen LogP contribution in [0.1, 0.15) is 46.8 Å². The van der Waals surface area contributed by atoms with Crippen LogP contribution in [-0.4, -0.2) is 36.0 Å². The van der Waals surface area contributed by atoms with Crippen LogP contribution >= 0.6 is 0 Å². The quantitative estimate of drug-likeness (QED) is 0.804. The van der Waals surface area contributed by atoms with Crippen molar-refractivity contribution in [3.8, 4) is 0 Å². The Hall–Kier alpha value is -1.84. The number of ether oxygens (including phenoxy) is 1. The zero-order chi connectivity index (χ0) is 15.6. The standard InChI is InChI=1S/C17H23NO3/c1-5-21-17(20)14-7-6-8-18(14)16(19)15-12(3)9-11(2)10-13(15)4/h9-10,14H,5-8H2,1-4H3. The molecule has 0 aliphatic carbocycles. The van der Waals surface area contributed by atoms with Gasteiger partial charge in [0.05, 0.1) is 6.61 Å². The first-order chi connectivity index (χ1) is 9.95. The SMILES string of the molecule is CCOC(=O)C1CCCN1C(=O)c1c(C)cc(C)cc1C. The fourth-order valence-corrected chi connectivity index (χ4v) is 3.15. The number of carbonyl (C=O) groups excluding carboxylic acids is 2. The maximum Gasteiger partial charge on any atom is 0.328 e. The van der Waals surface area contributed by atoms with Crippen LogP contribution in [0.5, 0.6) is 0 Å². The Bertz CT molecular complexity index is 542. The van der Waals surface area contributed by atoms with E-state index in [-0.39, 0.29) is 11.9 Å². The zero-order valence-corrected chi connectivity index (χ0v) is 13.2. The van der Waals surface area contributed by atoms with Crippen LogP contribution in [0.2, 0.25) is 0 Å². The van der Waals surface area contributed by atoms with Crippen LogP contribution in [0.25, 0.3) is 0 Å². The van der Waals surface area contributed by atoms with Crippen molar-refractivity contribution in [3.63, 3.8) is 0 Å². The minimum Gasteiger partial charge on any atom is -0.464 e. The van der Waals surface area contributed by atoms with Gasteiger partial charge in [0, 0.05) is 12.1 Å². The van der Waals surface area contributed by atoms with E-state index >= 15 is 0 Å². The van der Waals surface area contributed by atoms with E-state index in [2.05, 4.69) is 0 Å². The minimum absolute atomic E-state index is 0.0550. The van der Waals surface area contributed by atoms with E-state index in [0.29, 0.717) is 19.6 Å². The Balaban J connectivity index is 2.29. The summed E-state index contributed by atoms with van der Waals surface area (Å²) in [6, 6.07) is 3.59. The monoisotopic (exact) mass is 289 g/mol. The molecule has 0 saturated carbocycles. The average molecular weight is 289 g/mol. The van der Waals surface area contributed by atoms with Gasteiger partial charge in [-0.15, -0.1) is 0 Å². The molecule has 1 unspecified atom stereocenters. The molecule has 0 aromatic heterocycles. The molecule has 1 aromatic carbocycles. The second kappa shape index (κ2) is 6.29. The summed E-state index contributed by atoms with van der Waals surface area (Å²) in [6.07, 6.45) is 1.54. The van der Waals surface area contributed by atoms with Gasteiger partial charge in [0.2, 0.25) is 0 Å². The highest BCUT2D eigenvalue weighted by atomic mass is 16.5. The molecule has 4 nitrogen and oxygen atoms in total. The van der Waals surface area contributed by atoms with Gasteiger partial charge in [0.1, 0.15) is 6.04 Å². The Morgan fingerprint density at radius 3 is 2.43 bits per heavy atom. The lowest BCUT2D eigenvalue weighted by atomic mass is 9.98. The van der Waals surface area contributed by atoms with Gasteiger partial charge < -0.3 is 9.64 Å². The van der Waals surface area contributed by atoms with E-state index in [0.717, 1.165) is 28.7 Å². The van der Waals surface area contributed by atoms with Crippen molar-refractivity contribution < 1.29 is 14.3 Å². The summed E-state index contributed by atoms with van der Waals surface area (Å²) in [5.41, 5.74) is 3.79. The molecule has 1 aromatic rings. The van der Waals surface area contributed by atoms with Crippen molar-refractivity contribution in [1.29, 1.82) is 0 Å². The lowest BCUT2D eigenvalue weighted by Gasteiger charge is -2.25. The van der Waals surface area contributed by atoms with E-state index < -0.39 is 6.04 Å². The van der Waals surface area contributed by atoms with E-state index in [9.17, 15) is 9.59 Å². The largest absolute Gasteiger partial charge is 0.464 e. The topological polar surface area (TPSA) is 46.6 Å². The highest BCUT2D eigenvalue weighted by Crippen LogP contribution is 2.25. The third kappa shape index (κ3) is 3.09. The van der Waals surface area contributed by atoms with Gasteiger partial charge in [-0.25, -0.2) is 4.79 Å². The molecule has 0 spiro atoms. The third-order valence-corrected chi connectivity index (χ3v) is 3.96. The Morgan fingerprint density at radius 1 is 1.24 bits per heavy atom. The average Bonchev–Trinajstić information content (AvgIpc) is 2.86. The van der Waals surface area contributed by atoms with Crippen LogP contribution in [0.3, 0.4) is 0 Å². The first-order valence-electron chi connectivity index (χ1n) is 7.51. The van der Waals surface area contributed by atoms with Gasteiger partial charge in [-0.05, 0) is 51.7 Å². The highest BCUT2D eigenvalue weighted by Gasteiger charge is 2.36. The summed E-state index contributed by atoms with van der Waals surface area (Å²) >= 11 is 0. The van der Waals surface area contributed by atoms with Gasteiger partial charge in [0.25, 0.3) is 5.91 Å². The predicted octanol–water partition coefficient (Wildman–Crippen LogP) is 2.78. The molecule has 1 aliphatic rings. The Morgan fingerprint density at radius 2 is 1.86 bits per heavy atom. The maximum absolute atomic E-state index is 12.8. The van der Waals surface area contributed by atoms with Crippen molar-refractivity contribution in [1.82, 2.24) is 4.90 Å². The smallest absolute Gasteiger partial charge is 0.328 e. The van der Waals surface area contributed by atoms with Crippen LogP contribution < -0.4 is 0 Å². The van der Waals surface area contributed by atoms with E-state index in [1.54, 1.807) is 11.8 Å². The van der Waals surface area contributed by atoms with E-state index in [1.807, 2.05) is 32.9 Å². The van der Waals surface area contributed by atoms with Crippen LogP contribution in [-0.2, 0) is 9.53 Å². The van der Waals surface area contributed by atoms with Gasteiger partial charge in [-0.1, -0.05) is 17.7 Å². The Kier molecular flexibility index (Phi) is 4.66. The van der Waals surface area contributed by atoms with Crippen molar-refractivity contribution >= 4 is 11.9 Å². The second-order valence-electron chi connectivity index (χ2n) is 5.68. The van der Waals surface area contributed by atoms with Crippen molar-refractivity contribution in [2.45, 2.75) is 46.6 Å². The van der Waals surface area contributed by atoms with Crippen molar-refractivity contribution in [3.05, 3.63) is 34.4 Å². The van der Waals surface area contributed by atoms with Gasteiger partial charge >= 0.3 is 5.97 Å². The number of nitrogens with zero attached hydrogens (tertiary/aromatic N) is 1. The van der Waals surface area contributed by atoms with Crippen LogP contribution in [0.15, 0.2) is 12.1 Å². The number of benzene rings is 1. The molecule has 4 heteroatoms. The molecule has 0 radical (unpaired) electrons. The molecule has 2 rings (SSSR count). The molecule has 1 atom stereocenters. The fraction of sp³-hybridized carbons (Fsp3) is 0.529. The summed E-state index contributed by atoms with van der Waals surface area (Å²) in [5, 5.41) is 0. The molecular formula is C17H23NO3. The van der Waals surface area contributed by atoms with Crippen molar-refractivity contribution in [2.75, 3.05) is 13.2 Å². The van der Waals surface area contributed by atoms with Gasteiger partial charge in [-0.3, -0.25) is 4.79 Å². The highest BCUT2D eigenvalue weighted by molar-refractivity contribution is 5.99. The molecule has 114 valence electrons. The minimum atomic E-state index is -0.433. The van der Waals surface area contributed by atoms with Crippen LogP contribution in [0.4, 0.5) is 0 Å². The number of hydrogen-bond acceptors (Lipinski definition) is 3. The lowest BCUT2D eigenvalue weighted by molar-refractivity contribution is -0.147. The first-order valence-corrected chi connectivity index (χ1v) is 7.51. The first kappa shape index (κ1) is 15.5. The number of esters is 1. The number of rotatable bonds is 3. The number of likely N-dealkylation sites (tertiary alicyclic amines) is 1. The summed E-state index contributed by atoms with van der Waals surface area (Å²) in [7, 11) is 0. The molecule has 0 N–H and O–H groups in total.